The van der Waals surface area contributed by atoms with E-state index < -0.39 is 5.82 Å². The number of ketones is 1. The molecule has 0 atom stereocenters. The van der Waals surface area contributed by atoms with Crippen LogP contribution in [-0.4, -0.2) is 53.9 Å². The number of nitrogens with zero attached hydrogens (tertiary/aromatic N) is 4. The molecule has 1 aromatic heterocycles. The first-order chi connectivity index (χ1) is 16.8. The van der Waals surface area contributed by atoms with Crippen molar-refractivity contribution in [2.45, 2.75) is 29.7 Å². The first-order valence-electron chi connectivity index (χ1n) is 11.3. The zero-order valence-corrected chi connectivity index (χ0v) is 21.2. The Bertz CT molecular complexity index is 1220. The Kier molecular flexibility index (Phi) is 8.10. The number of ether oxygens (including phenoxy) is 1. The van der Waals surface area contributed by atoms with E-state index in [4.69, 9.17) is 27.1 Å². The Hall–Kier alpha value is -2.88. The van der Waals surface area contributed by atoms with Crippen molar-refractivity contribution in [1.29, 1.82) is 0 Å². The third kappa shape index (κ3) is 6.22. The first kappa shape index (κ1) is 25.2. The van der Waals surface area contributed by atoms with E-state index >= 15 is 0 Å². The number of anilines is 2. The number of carbonyl (C=O) groups is 1. The molecule has 10 heteroatoms. The Labute approximate surface area is 213 Å². The van der Waals surface area contributed by atoms with Crippen molar-refractivity contribution < 1.29 is 13.9 Å². The normalized spacial score (nSPS) is 14.2. The Morgan fingerprint density at radius 3 is 2.66 bits per heavy atom. The summed E-state index contributed by atoms with van der Waals surface area (Å²) in [4.78, 5) is 27.3. The Morgan fingerprint density at radius 1 is 1.20 bits per heavy atom. The van der Waals surface area contributed by atoms with E-state index in [1.54, 1.807) is 37.4 Å². The molecular weight excluding hydrogens is 489 g/mol. The average Bonchev–Trinajstić information content (AvgIpc) is 2.85. The van der Waals surface area contributed by atoms with Crippen LogP contribution in [0, 0.1) is 5.82 Å². The van der Waals surface area contributed by atoms with Crippen LogP contribution in [0.2, 0.25) is 5.02 Å². The van der Waals surface area contributed by atoms with Crippen LogP contribution in [0.1, 0.15) is 29.3 Å². The van der Waals surface area contributed by atoms with Gasteiger partial charge in [-0.15, -0.1) is 0 Å². The van der Waals surface area contributed by atoms with Crippen molar-refractivity contribution in [3.05, 3.63) is 64.6 Å². The maximum Gasteiger partial charge on any atom is 0.232 e. The van der Waals surface area contributed by atoms with Crippen molar-refractivity contribution in [3.8, 4) is 5.88 Å². The van der Waals surface area contributed by atoms with Gasteiger partial charge < -0.3 is 20.3 Å². The van der Waals surface area contributed by atoms with Gasteiger partial charge in [-0.25, -0.2) is 9.37 Å². The molecule has 0 aliphatic carbocycles. The molecule has 3 aromatic rings. The molecule has 1 aliphatic rings. The number of carbonyl (C=O) groups excluding carboxylic acids is 1. The third-order valence-electron chi connectivity index (χ3n) is 5.72. The molecule has 1 saturated heterocycles. The number of likely N-dealkylation sites (N-methyl/N-ethyl adjacent to an activating group) is 1. The zero-order valence-electron chi connectivity index (χ0n) is 19.6. The number of hydrogen-bond acceptors (Lipinski definition) is 8. The standard InChI is InChI=1S/C25H27ClFN5O2S/c1-3-22(33)18-6-5-17(13-19(18)26)35-23-14-29-25(32-10-8-31(2)9-11-32)30-24(23)34-15-16-4-7-20(27)21(28)12-16/h4-7,12-14H,3,8-11,15,28H2,1-2H3. The van der Waals surface area contributed by atoms with Crippen molar-refractivity contribution >= 4 is 40.8 Å². The molecule has 0 amide bonds. The number of hydrogen-bond donors (Lipinski definition) is 1. The van der Waals surface area contributed by atoms with Gasteiger partial charge in [0.05, 0.1) is 21.8 Å². The van der Waals surface area contributed by atoms with E-state index in [1.165, 1.54) is 17.8 Å². The summed E-state index contributed by atoms with van der Waals surface area (Å²) in [6.07, 6.45) is 2.12. The number of aromatic nitrogens is 2. The molecule has 184 valence electrons. The average molecular weight is 516 g/mol. The fraction of sp³-hybridized carbons (Fsp3) is 0.320. The van der Waals surface area contributed by atoms with E-state index in [-0.39, 0.29) is 18.1 Å². The quantitative estimate of drug-likeness (QED) is 0.334. The lowest BCUT2D eigenvalue weighted by molar-refractivity contribution is 0.0988. The molecular formula is C25H27ClFN5O2S. The number of rotatable bonds is 8. The molecule has 2 heterocycles. The van der Waals surface area contributed by atoms with Crippen molar-refractivity contribution in [2.24, 2.45) is 0 Å². The molecule has 0 unspecified atom stereocenters. The van der Waals surface area contributed by atoms with E-state index in [9.17, 15) is 9.18 Å². The maximum atomic E-state index is 13.6. The van der Waals surface area contributed by atoms with Gasteiger partial charge in [0.2, 0.25) is 11.8 Å². The summed E-state index contributed by atoms with van der Waals surface area (Å²) >= 11 is 7.76. The molecule has 0 radical (unpaired) electrons. The SMILES string of the molecule is CCC(=O)c1ccc(Sc2cnc(N3CCN(C)CC3)nc2OCc2ccc(F)c(N)c2)cc1Cl. The van der Waals surface area contributed by atoms with Gasteiger partial charge in [0.15, 0.2) is 5.78 Å². The van der Waals surface area contributed by atoms with Crippen molar-refractivity contribution in [2.75, 3.05) is 43.9 Å². The number of benzene rings is 2. The molecule has 2 N–H and O–H groups in total. The first-order valence-corrected chi connectivity index (χ1v) is 12.5. The lowest BCUT2D eigenvalue weighted by Crippen LogP contribution is -2.45. The Morgan fingerprint density at radius 2 is 1.97 bits per heavy atom. The van der Waals surface area contributed by atoms with Gasteiger partial charge in [0.1, 0.15) is 12.4 Å². The predicted octanol–water partition coefficient (Wildman–Crippen LogP) is 4.93. The number of halogens is 2. The second kappa shape index (κ2) is 11.2. The summed E-state index contributed by atoms with van der Waals surface area (Å²) in [7, 11) is 2.09. The topological polar surface area (TPSA) is 84.6 Å². The largest absolute Gasteiger partial charge is 0.472 e. The number of nitrogens with two attached hydrogens (primary N) is 1. The summed E-state index contributed by atoms with van der Waals surface area (Å²) in [5.41, 5.74) is 7.00. The molecule has 1 aliphatic heterocycles. The van der Waals surface area contributed by atoms with Crippen LogP contribution in [0.25, 0.3) is 0 Å². The van der Waals surface area contributed by atoms with Crippen molar-refractivity contribution in [1.82, 2.24) is 14.9 Å². The molecule has 7 nitrogen and oxygen atoms in total. The smallest absolute Gasteiger partial charge is 0.232 e. The van der Waals surface area contributed by atoms with Crippen LogP contribution < -0.4 is 15.4 Å². The summed E-state index contributed by atoms with van der Waals surface area (Å²) < 4.78 is 19.6. The van der Waals surface area contributed by atoms with Gasteiger partial charge in [-0.05, 0) is 42.9 Å². The van der Waals surface area contributed by atoms with Crippen molar-refractivity contribution in [3.63, 3.8) is 0 Å². The van der Waals surface area contributed by atoms with Gasteiger partial charge in [-0.1, -0.05) is 36.4 Å². The monoisotopic (exact) mass is 515 g/mol. The molecule has 0 spiro atoms. The van der Waals surface area contributed by atoms with E-state index in [0.717, 1.165) is 36.6 Å². The van der Waals surface area contributed by atoms with Gasteiger partial charge in [0.25, 0.3) is 0 Å². The lowest BCUT2D eigenvalue weighted by Gasteiger charge is -2.32. The fourth-order valence-electron chi connectivity index (χ4n) is 3.62. The highest BCUT2D eigenvalue weighted by Crippen LogP contribution is 2.36. The zero-order chi connectivity index (χ0) is 24.9. The molecule has 35 heavy (non-hydrogen) atoms. The van der Waals surface area contributed by atoms with Gasteiger partial charge in [-0.2, -0.15) is 4.98 Å². The second-order valence-corrected chi connectivity index (χ2v) is 9.82. The molecule has 2 aromatic carbocycles. The number of nitrogen functional groups attached to an aromatic ring is 1. The second-order valence-electron chi connectivity index (χ2n) is 8.29. The van der Waals surface area contributed by atoms with Gasteiger partial charge >= 0.3 is 0 Å². The van der Waals surface area contributed by atoms with E-state index in [1.807, 2.05) is 6.07 Å². The molecule has 0 saturated carbocycles. The minimum Gasteiger partial charge on any atom is -0.472 e. The van der Waals surface area contributed by atoms with Crippen LogP contribution in [-0.2, 0) is 6.61 Å². The van der Waals surface area contributed by atoms with Crippen LogP contribution in [0.15, 0.2) is 52.4 Å². The van der Waals surface area contributed by atoms with Crippen LogP contribution >= 0.6 is 23.4 Å². The van der Waals surface area contributed by atoms with Gasteiger partial charge in [-0.3, -0.25) is 4.79 Å². The van der Waals surface area contributed by atoms with E-state index in [0.29, 0.717) is 33.7 Å². The maximum absolute atomic E-state index is 13.6. The van der Waals surface area contributed by atoms with Gasteiger partial charge in [0, 0.05) is 43.1 Å². The summed E-state index contributed by atoms with van der Waals surface area (Å²) in [5, 5.41) is 0.404. The molecule has 1 fully saturated rings. The summed E-state index contributed by atoms with van der Waals surface area (Å²) in [5.74, 6) is 0.532. The number of Topliss-reactive ketones (excluding diaryl/α,β-unsaturated/α-hetero) is 1. The summed E-state index contributed by atoms with van der Waals surface area (Å²) in [6, 6.07) is 9.84. The minimum absolute atomic E-state index is 0.00555. The number of piperazine rings is 1. The van der Waals surface area contributed by atoms with Crippen LogP contribution in [0.5, 0.6) is 5.88 Å². The van der Waals surface area contributed by atoms with Crippen LogP contribution in [0.4, 0.5) is 16.0 Å². The Balaban J connectivity index is 1.60. The highest BCUT2D eigenvalue weighted by Gasteiger charge is 2.20. The highest BCUT2D eigenvalue weighted by molar-refractivity contribution is 7.99. The highest BCUT2D eigenvalue weighted by atomic mass is 35.5. The van der Waals surface area contributed by atoms with E-state index in [2.05, 4.69) is 21.8 Å². The lowest BCUT2D eigenvalue weighted by atomic mass is 10.1. The molecule has 4 rings (SSSR count). The summed E-state index contributed by atoms with van der Waals surface area (Å²) in [6.45, 7) is 5.46. The molecule has 0 bridgehead atoms. The predicted molar refractivity (Wildman–Crippen MR) is 137 cm³/mol. The fourth-order valence-corrected chi connectivity index (χ4v) is 4.83. The third-order valence-corrected chi connectivity index (χ3v) is 7.02. The van der Waals surface area contributed by atoms with Crippen LogP contribution in [0.3, 0.4) is 0 Å². The minimum atomic E-state index is -0.466.